The van der Waals surface area contributed by atoms with E-state index in [1.807, 2.05) is 54.6 Å². The lowest BCUT2D eigenvalue weighted by molar-refractivity contribution is -0.119. The van der Waals surface area contributed by atoms with Gasteiger partial charge in [-0.1, -0.05) is 18.2 Å². The molecule has 3 aromatic heterocycles. The number of likely N-dealkylation sites (N-methyl/N-ethyl adjacent to an activating group) is 1. The summed E-state index contributed by atoms with van der Waals surface area (Å²) in [5.41, 5.74) is 2.06. The van der Waals surface area contributed by atoms with E-state index in [-0.39, 0.29) is 18.0 Å². The molecule has 4 aromatic rings. The molecule has 0 atom stereocenters. The lowest BCUT2D eigenvalue weighted by Crippen LogP contribution is -2.36. The first-order valence-corrected chi connectivity index (χ1v) is 9.08. The molecule has 26 heavy (non-hydrogen) atoms. The lowest BCUT2D eigenvalue weighted by Gasteiger charge is -2.17. The molecule has 0 saturated heterocycles. The number of para-hydroxylation sites is 1. The number of benzene rings is 1. The standard InChI is InChI=1S/C19H18N4O2S/c1-12-9-15-17(26-12)10-16-19(25)22(20-13(2)23(15)16)11-18(24)21(3)14-7-5-4-6-8-14/h4-10H,11H2,1-3H3. The van der Waals surface area contributed by atoms with Crippen molar-refractivity contribution >= 4 is 38.7 Å². The maximum atomic E-state index is 12.8. The second kappa shape index (κ2) is 6.10. The molecule has 0 aliphatic rings. The first-order chi connectivity index (χ1) is 12.5. The first-order valence-electron chi connectivity index (χ1n) is 8.26. The molecule has 3 heterocycles. The molecule has 1 aromatic carbocycles. The lowest BCUT2D eigenvalue weighted by atomic mass is 10.3. The smallest absolute Gasteiger partial charge is 0.291 e. The predicted octanol–water partition coefficient (Wildman–Crippen LogP) is 2.99. The second-order valence-electron chi connectivity index (χ2n) is 6.27. The largest absolute Gasteiger partial charge is 0.314 e. The normalized spacial score (nSPS) is 11.3. The van der Waals surface area contributed by atoms with Crippen LogP contribution in [0, 0.1) is 13.8 Å². The van der Waals surface area contributed by atoms with Crippen LogP contribution in [0.1, 0.15) is 10.7 Å². The van der Waals surface area contributed by atoms with Crippen molar-refractivity contribution in [3.63, 3.8) is 0 Å². The monoisotopic (exact) mass is 366 g/mol. The maximum absolute atomic E-state index is 12.8. The van der Waals surface area contributed by atoms with Gasteiger partial charge in [-0.15, -0.1) is 11.3 Å². The van der Waals surface area contributed by atoms with Crippen molar-refractivity contribution in [3.05, 3.63) is 63.5 Å². The number of carbonyl (C=O) groups is 1. The fraction of sp³-hybridized carbons (Fsp3) is 0.211. The van der Waals surface area contributed by atoms with Crippen LogP contribution in [0.5, 0.6) is 0 Å². The summed E-state index contributed by atoms with van der Waals surface area (Å²) >= 11 is 1.65. The number of aryl methyl sites for hydroxylation is 2. The third-order valence-corrected chi connectivity index (χ3v) is 5.44. The highest BCUT2D eigenvalue weighted by atomic mass is 32.1. The molecule has 4 rings (SSSR count). The molecule has 0 N–H and O–H groups in total. The van der Waals surface area contributed by atoms with Crippen LogP contribution in [0.2, 0.25) is 0 Å². The van der Waals surface area contributed by atoms with Crippen molar-refractivity contribution in [3.8, 4) is 0 Å². The average molecular weight is 366 g/mol. The van der Waals surface area contributed by atoms with Gasteiger partial charge < -0.3 is 4.90 Å². The Balaban J connectivity index is 1.74. The van der Waals surface area contributed by atoms with E-state index in [1.54, 1.807) is 18.4 Å². The van der Waals surface area contributed by atoms with Gasteiger partial charge >= 0.3 is 0 Å². The fourth-order valence-corrected chi connectivity index (χ4v) is 4.10. The zero-order valence-electron chi connectivity index (χ0n) is 14.8. The van der Waals surface area contributed by atoms with E-state index in [2.05, 4.69) is 11.2 Å². The molecule has 1 amide bonds. The summed E-state index contributed by atoms with van der Waals surface area (Å²) in [5.74, 6) is 0.487. The number of hydrogen-bond donors (Lipinski definition) is 0. The van der Waals surface area contributed by atoms with Gasteiger partial charge in [-0.25, -0.2) is 4.68 Å². The maximum Gasteiger partial charge on any atom is 0.291 e. The summed E-state index contributed by atoms with van der Waals surface area (Å²) in [5, 5.41) is 4.37. The molecular formula is C19H18N4O2S. The third-order valence-electron chi connectivity index (χ3n) is 4.46. The summed E-state index contributed by atoms with van der Waals surface area (Å²) < 4.78 is 4.17. The summed E-state index contributed by atoms with van der Waals surface area (Å²) in [7, 11) is 1.70. The Morgan fingerprint density at radius 3 is 2.62 bits per heavy atom. The van der Waals surface area contributed by atoms with Crippen LogP contribution in [-0.4, -0.2) is 27.1 Å². The molecular weight excluding hydrogens is 348 g/mol. The highest BCUT2D eigenvalue weighted by molar-refractivity contribution is 7.19. The van der Waals surface area contributed by atoms with Gasteiger partial charge in [0.2, 0.25) is 5.91 Å². The number of fused-ring (bicyclic) bond motifs is 3. The van der Waals surface area contributed by atoms with Crippen LogP contribution in [0.15, 0.2) is 47.3 Å². The Morgan fingerprint density at radius 2 is 1.88 bits per heavy atom. The molecule has 0 aliphatic heterocycles. The number of carbonyl (C=O) groups excluding carboxylic acids is 1. The molecule has 0 spiro atoms. The molecule has 6 nitrogen and oxygen atoms in total. The van der Waals surface area contributed by atoms with Crippen LogP contribution >= 0.6 is 11.3 Å². The number of rotatable bonds is 3. The third kappa shape index (κ3) is 2.61. The highest BCUT2D eigenvalue weighted by Crippen LogP contribution is 2.27. The number of thiophene rings is 1. The fourth-order valence-electron chi connectivity index (χ4n) is 3.16. The Hall–Kier alpha value is -2.93. The van der Waals surface area contributed by atoms with E-state index in [0.29, 0.717) is 11.3 Å². The van der Waals surface area contributed by atoms with Gasteiger partial charge in [0.05, 0.1) is 10.2 Å². The summed E-state index contributed by atoms with van der Waals surface area (Å²) in [6.45, 7) is 3.79. The van der Waals surface area contributed by atoms with Crippen LogP contribution < -0.4 is 10.5 Å². The van der Waals surface area contributed by atoms with Crippen LogP contribution in [-0.2, 0) is 11.3 Å². The van der Waals surface area contributed by atoms with E-state index in [4.69, 9.17) is 0 Å². The summed E-state index contributed by atoms with van der Waals surface area (Å²) in [4.78, 5) is 28.2. The topological polar surface area (TPSA) is 59.6 Å². The van der Waals surface area contributed by atoms with Gasteiger partial charge in [-0.05, 0) is 38.1 Å². The van der Waals surface area contributed by atoms with Gasteiger partial charge in [0, 0.05) is 17.6 Å². The SMILES string of the molecule is Cc1cc2c(cc3c(=O)n(CC(=O)N(C)c4ccccc4)nc(C)n32)s1. The van der Waals surface area contributed by atoms with Crippen LogP contribution in [0.25, 0.3) is 15.7 Å². The van der Waals surface area contributed by atoms with E-state index in [1.165, 1.54) is 14.5 Å². The zero-order valence-corrected chi connectivity index (χ0v) is 15.6. The number of nitrogens with zero attached hydrogens (tertiary/aromatic N) is 4. The predicted molar refractivity (Wildman–Crippen MR) is 104 cm³/mol. The summed E-state index contributed by atoms with van der Waals surface area (Å²) in [6.07, 6.45) is 0. The Bertz CT molecular complexity index is 1190. The first kappa shape index (κ1) is 16.5. The molecule has 0 bridgehead atoms. The molecule has 0 unspecified atom stereocenters. The van der Waals surface area contributed by atoms with Crippen LogP contribution in [0.4, 0.5) is 5.69 Å². The molecule has 0 saturated carbocycles. The van der Waals surface area contributed by atoms with Crippen molar-refractivity contribution in [1.29, 1.82) is 0 Å². The molecule has 7 heteroatoms. The Labute approximate surface area is 153 Å². The zero-order chi connectivity index (χ0) is 18.4. The van der Waals surface area contributed by atoms with E-state index >= 15 is 0 Å². The highest BCUT2D eigenvalue weighted by Gasteiger charge is 2.17. The van der Waals surface area contributed by atoms with E-state index < -0.39 is 0 Å². The minimum absolute atomic E-state index is 0.0978. The van der Waals surface area contributed by atoms with Crippen molar-refractivity contribution < 1.29 is 4.79 Å². The average Bonchev–Trinajstić information content (AvgIpc) is 3.15. The second-order valence-corrected chi connectivity index (χ2v) is 7.56. The van der Waals surface area contributed by atoms with Gasteiger partial charge in [0.1, 0.15) is 17.9 Å². The molecule has 132 valence electrons. The van der Waals surface area contributed by atoms with Gasteiger partial charge in [-0.3, -0.25) is 14.0 Å². The van der Waals surface area contributed by atoms with Crippen LogP contribution in [0.3, 0.4) is 0 Å². The van der Waals surface area contributed by atoms with E-state index in [0.717, 1.165) is 15.9 Å². The molecule has 0 radical (unpaired) electrons. The van der Waals surface area contributed by atoms with Gasteiger partial charge in [0.25, 0.3) is 5.56 Å². The number of amides is 1. The Morgan fingerprint density at radius 1 is 1.15 bits per heavy atom. The minimum Gasteiger partial charge on any atom is -0.314 e. The quantitative estimate of drug-likeness (QED) is 0.560. The van der Waals surface area contributed by atoms with Gasteiger partial charge in [-0.2, -0.15) is 5.10 Å². The van der Waals surface area contributed by atoms with Crippen molar-refractivity contribution in [1.82, 2.24) is 14.2 Å². The van der Waals surface area contributed by atoms with Crippen molar-refractivity contribution in [2.75, 3.05) is 11.9 Å². The van der Waals surface area contributed by atoms with Crippen molar-refractivity contribution in [2.24, 2.45) is 0 Å². The van der Waals surface area contributed by atoms with Gasteiger partial charge in [0.15, 0.2) is 0 Å². The number of hydrogen-bond acceptors (Lipinski definition) is 4. The summed E-state index contributed by atoms with van der Waals surface area (Å²) in [6, 6.07) is 13.3. The minimum atomic E-state index is -0.258. The molecule has 0 aliphatic carbocycles. The number of anilines is 1. The number of aromatic nitrogens is 3. The van der Waals surface area contributed by atoms with Crippen molar-refractivity contribution in [2.45, 2.75) is 20.4 Å². The Kier molecular flexibility index (Phi) is 3.88. The molecule has 0 fully saturated rings. The van der Waals surface area contributed by atoms with E-state index in [9.17, 15) is 9.59 Å².